The highest BCUT2D eigenvalue weighted by atomic mass is 16.9. The van der Waals surface area contributed by atoms with Gasteiger partial charge in [-0.3, -0.25) is 0 Å². The summed E-state index contributed by atoms with van der Waals surface area (Å²) in [4.78, 5) is 182. The average Bonchev–Trinajstić information content (AvgIpc) is 0.695. The fourth-order valence-corrected chi connectivity index (χ4v) is 17.6. The Morgan fingerprint density at radius 1 is 0.205 bits per heavy atom. The lowest BCUT2D eigenvalue weighted by Gasteiger charge is -2.64. The van der Waals surface area contributed by atoms with E-state index >= 15 is 43.2 Å². The highest BCUT2D eigenvalue weighted by Crippen LogP contribution is 2.53. The second-order valence-corrected chi connectivity index (χ2v) is 34.5. The Morgan fingerprint density at radius 3 is 0.534 bits per heavy atom. The van der Waals surface area contributed by atoms with Crippen LogP contribution >= 0.6 is 0 Å². The highest BCUT2D eigenvalue weighted by molar-refractivity contribution is 5.96. The summed E-state index contributed by atoms with van der Waals surface area (Å²) in [6.45, 7) is -0.853. The molecule has 4 bridgehead atoms. The first kappa shape index (κ1) is 100. The van der Waals surface area contributed by atoms with Crippen LogP contribution in [-0.4, -0.2) is 226 Å². The third-order valence-electron chi connectivity index (χ3n) is 24.8. The largest absolute Gasteiger partial charge is 0.459 e. The topological polar surface area (TPSA) is 399 Å². The molecule has 33 heteroatoms. The molecule has 33 nitrogen and oxygen atoms in total. The van der Waals surface area contributed by atoms with E-state index in [9.17, 15) is 14.4 Å². The third kappa shape index (κ3) is 23.7. The molecule has 1 aliphatic carbocycles. The molecule has 0 amide bonds. The molecule has 12 aromatic rings. The van der Waals surface area contributed by atoms with Crippen LogP contribution in [0.2, 0.25) is 0 Å². The zero-order valence-electron chi connectivity index (χ0n) is 78.0. The summed E-state index contributed by atoms with van der Waals surface area (Å²) in [7, 11) is 0. The number of benzene rings is 12. The first-order chi connectivity index (χ1) is 71.3. The minimum atomic E-state index is -2.31. The fraction of sp³-hybridized carbons (Fsp3) is 0.257. The molecule has 6 aliphatic heterocycles. The Labute approximate surface area is 835 Å². The van der Waals surface area contributed by atoms with E-state index in [1.54, 1.807) is 146 Å². The van der Waals surface area contributed by atoms with E-state index in [-0.39, 0.29) is 79.6 Å². The van der Waals surface area contributed by atoms with Crippen molar-refractivity contribution in [3.8, 4) is 0 Å². The number of esters is 12. The van der Waals surface area contributed by atoms with Crippen LogP contribution < -0.4 is 0 Å². The van der Waals surface area contributed by atoms with Gasteiger partial charge in [-0.05, 0) is 152 Å². The number of carbonyl (C=O) groups excluding carboxylic acids is 12. The molecule has 19 rings (SSSR count). The zero-order chi connectivity index (χ0) is 101. The second kappa shape index (κ2) is 47.0. The Balaban J connectivity index is 0.848. The van der Waals surface area contributed by atoms with Crippen molar-refractivity contribution in [2.75, 3.05) is 19.8 Å². The third-order valence-corrected chi connectivity index (χ3v) is 24.8. The Morgan fingerprint density at radius 2 is 0.363 bits per heavy atom. The molecule has 12 aromatic carbocycles. The van der Waals surface area contributed by atoms with Gasteiger partial charge in [-0.15, -0.1) is 0 Å². The van der Waals surface area contributed by atoms with Crippen molar-refractivity contribution < 1.29 is 157 Å². The molecule has 15 atom stereocenters. The second-order valence-electron chi connectivity index (χ2n) is 34.5. The van der Waals surface area contributed by atoms with Crippen molar-refractivity contribution in [3.63, 3.8) is 0 Å². The van der Waals surface area contributed by atoms with Gasteiger partial charge in [0.2, 0.25) is 0 Å². The molecule has 0 spiro atoms. The predicted octanol–water partition coefficient (Wildman–Crippen LogP) is 15.0. The molecular weight excluding hydrogens is 1890 g/mol. The minimum Gasteiger partial charge on any atom is -0.459 e. The summed E-state index contributed by atoms with van der Waals surface area (Å²) in [5.41, 5.74) is -0.703. The van der Waals surface area contributed by atoms with Crippen molar-refractivity contribution in [1.29, 1.82) is 0 Å². The highest BCUT2D eigenvalue weighted by Gasteiger charge is 2.72. The van der Waals surface area contributed by atoms with Crippen molar-refractivity contribution >= 4 is 71.6 Å². The average molecular weight is 1980 g/mol. The van der Waals surface area contributed by atoms with E-state index in [4.69, 9.17) is 99.5 Å². The molecule has 0 unspecified atom stereocenters. The quantitative estimate of drug-likeness (QED) is 0.0260. The molecule has 146 heavy (non-hydrogen) atoms. The van der Waals surface area contributed by atoms with Crippen molar-refractivity contribution in [2.45, 2.75) is 161 Å². The van der Waals surface area contributed by atoms with E-state index in [0.717, 1.165) is 0 Å². The van der Waals surface area contributed by atoms with Gasteiger partial charge >= 0.3 is 71.6 Å². The lowest BCUT2D eigenvalue weighted by Crippen LogP contribution is -2.81. The normalized spacial score (nSPS) is 25.7. The van der Waals surface area contributed by atoms with Gasteiger partial charge < -0.3 is 99.5 Å². The van der Waals surface area contributed by atoms with Gasteiger partial charge in [0.15, 0.2) is 73.8 Å². The van der Waals surface area contributed by atoms with E-state index in [1.165, 1.54) is 218 Å². The van der Waals surface area contributed by atoms with E-state index in [2.05, 4.69) is 0 Å². The minimum absolute atomic E-state index is 0.0285. The van der Waals surface area contributed by atoms with Gasteiger partial charge in [0.25, 0.3) is 5.97 Å². The van der Waals surface area contributed by atoms with Crippen LogP contribution in [-0.2, 0) is 99.5 Å². The zero-order valence-corrected chi connectivity index (χ0v) is 78.0. The van der Waals surface area contributed by atoms with Gasteiger partial charge in [-0.1, -0.05) is 232 Å². The van der Waals surface area contributed by atoms with Crippen LogP contribution in [0.3, 0.4) is 0 Å². The number of ether oxygens (including phenoxy) is 21. The van der Waals surface area contributed by atoms with Gasteiger partial charge in [0.05, 0.1) is 66.8 Å². The van der Waals surface area contributed by atoms with Gasteiger partial charge in [-0.2, -0.15) is 0 Å². The number of carbonyl (C=O) groups is 12. The molecule has 0 N–H and O–H groups in total. The fourth-order valence-electron chi connectivity index (χ4n) is 17.6. The molecule has 746 valence electrons. The number of hydrogen-bond donors (Lipinski definition) is 0. The van der Waals surface area contributed by atoms with Gasteiger partial charge in [0, 0.05) is 6.42 Å². The van der Waals surface area contributed by atoms with Gasteiger partial charge in [0.1, 0.15) is 74.8 Å². The smallest absolute Gasteiger partial charge is 0.338 e. The Kier molecular flexibility index (Phi) is 32.2. The number of unbranched alkanes of at least 4 members (excludes halogenated alkanes) is 1. The van der Waals surface area contributed by atoms with Crippen LogP contribution in [0.5, 0.6) is 0 Å². The van der Waals surface area contributed by atoms with E-state index in [0.29, 0.717) is 6.42 Å². The first-order valence-corrected chi connectivity index (χ1v) is 47.2. The molecule has 7 aliphatic rings. The molecular formula is C113H96O33. The number of rotatable bonds is 36. The summed E-state index contributed by atoms with van der Waals surface area (Å²) in [5, 5.41) is 0. The molecule has 0 aromatic heterocycles. The number of hydrogen-bond acceptors (Lipinski definition) is 33. The maximum Gasteiger partial charge on any atom is 0.338 e. The predicted molar refractivity (Wildman–Crippen MR) is 508 cm³/mol. The van der Waals surface area contributed by atoms with Crippen molar-refractivity contribution in [1.82, 2.24) is 0 Å². The lowest BCUT2D eigenvalue weighted by atomic mass is 9.80. The van der Waals surface area contributed by atoms with Crippen molar-refractivity contribution in [3.05, 3.63) is 431 Å². The molecule has 6 heterocycles. The maximum absolute atomic E-state index is 15.6. The lowest BCUT2D eigenvalue weighted by molar-refractivity contribution is -0.557. The van der Waals surface area contributed by atoms with Crippen LogP contribution in [0.1, 0.15) is 150 Å². The van der Waals surface area contributed by atoms with E-state index in [1.807, 2.05) is 6.92 Å². The van der Waals surface area contributed by atoms with Crippen molar-refractivity contribution in [2.24, 2.45) is 0 Å². The summed E-state index contributed by atoms with van der Waals surface area (Å²) in [6, 6.07) is 91.0. The molecule has 0 radical (unpaired) electrons. The summed E-state index contributed by atoms with van der Waals surface area (Å²) >= 11 is 0. The molecule has 6 saturated heterocycles. The maximum atomic E-state index is 15.6. The SMILES string of the molecule is CCCCC12OC3C(O[C@H]4O[C@H](COC(=O)c5ccccc5)[C@@H](OC(=O)c5ccccc5)[C@H](OC(=O)c5ccccc5)[C@@H]4OC(=O)c4ccccc4)C(O1)C(O[C@H]1O[C@H](COC(=O)c4ccccc4)[C@@H](OC(=O)c4ccccc4)[C@H](OC(=O)c4ccccc4)[C@@H]1OC(=O)c1ccccc1)C(O2)C3O[C@H]1O[C@H](COC(=O)c2ccccc2)[C@@H](OC(=O)c2ccccc2)[C@H](OC(=O)c2ccccc2)[C@@H]1OC(=O)c1ccccc1. The van der Waals surface area contributed by atoms with Gasteiger partial charge in [-0.25, -0.2) is 57.5 Å². The van der Waals surface area contributed by atoms with Crippen LogP contribution in [0.15, 0.2) is 364 Å². The monoisotopic (exact) mass is 1980 g/mol. The standard InChI is InChI=1S/C113H96O33/c1-2-3-64-113-144-92-89(141-110-95(138-107(123)77-58-34-13-35-59-77)86(135-104(120)74-52-28-10-29-53-74)83(132-101(117)71-46-22-7-23-47-71)80(129-110)65-126-98(114)68-40-16-4-17-41-68)93(145-113)91(143-112-97(140-109(125)79-62-38-15-39-63-79)88(137-106(122)76-56-32-12-33-57-76)85(134-103(119)73-50-26-9-27-51-73)82(131-112)67-128-100(116)70-44-20-6-21-45-70)94(146-113)90(92)142-111-96(139-108(124)78-60-36-14-37-61-78)87(136-105(121)75-54-30-11-31-55-75)84(133-102(118)72-48-24-8-25-49-72)81(130-111)66-127-99(115)69-42-18-5-19-43-69/h4-63,80-97,110-112H,2-3,64-67H2,1H3/t80-,81-,82-,83-,84-,85-,86+,87+,88+,89?,90?,91?,92?,93?,94?,95+,96+,97+,110-,111-,112-,113?/m1/s1. The van der Waals surface area contributed by atoms with Crippen LogP contribution in [0.4, 0.5) is 0 Å². The summed E-state index contributed by atoms with van der Waals surface area (Å²) < 4.78 is 144. The van der Waals surface area contributed by atoms with Crippen LogP contribution in [0, 0.1) is 0 Å². The molecule has 7 fully saturated rings. The first-order valence-electron chi connectivity index (χ1n) is 47.2. The summed E-state index contributed by atoms with van der Waals surface area (Å²) in [6.07, 6.45) is -42.9. The van der Waals surface area contributed by atoms with Crippen LogP contribution in [0.25, 0.3) is 0 Å². The summed E-state index contributed by atoms with van der Waals surface area (Å²) in [5.74, 6) is -15.1. The Hall–Kier alpha value is -16.1. The Bertz CT molecular complexity index is 5870. The van der Waals surface area contributed by atoms with E-state index < -0.39 is 226 Å². The molecule has 1 saturated carbocycles.